The topological polar surface area (TPSA) is 97.1 Å². The van der Waals surface area contributed by atoms with Gasteiger partial charge in [-0.05, 0) is 48.7 Å². The molecular formula is C25H28N4O2. The van der Waals surface area contributed by atoms with Crippen LogP contribution in [0.4, 0.5) is 5.69 Å². The Labute approximate surface area is 182 Å². The summed E-state index contributed by atoms with van der Waals surface area (Å²) in [6, 6.07) is 18.1. The van der Waals surface area contributed by atoms with E-state index in [4.69, 9.17) is 5.73 Å². The second-order valence-corrected chi connectivity index (χ2v) is 7.56. The van der Waals surface area contributed by atoms with Crippen LogP contribution in [0.15, 0.2) is 73.1 Å². The number of carbonyl (C=O) groups is 2. The van der Waals surface area contributed by atoms with Gasteiger partial charge in [-0.1, -0.05) is 48.9 Å². The van der Waals surface area contributed by atoms with Crippen molar-refractivity contribution >= 4 is 17.5 Å². The van der Waals surface area contributed by atoms with Crippen molar-refractivity contribution in [3.8, 4) is 0 Å². The second kappa shape index (κ2) is 10.5. The fourth-order valence-corrected chi connectivity index (χ4v) is 3.31. The molecule has 0 aliphatic heterocycles. The maximum atomic E-state index is 12.6. The number of amides is 2. The highest BCUT2D eigenvalue weighted by molar-refractivity contribution is 6.04. The molecule has 2 atom stereocenters. The van der Waals surface area contributed by atoms with E-state index in [9.17, 15) is 9.59 Å². The van der Waals surface area contributed by atoms with E-state index in [2.05, 4.69) is 15.6 Å². The molecule has 0 bridgehead atoms. The first-order valence-electron chi connectivity index (χ1n) is 10.4. The molecule has 1 aromatic heterocycles. The lowest BCUT2D eigenvalue weighted by atomic mass is 10.0. The zero-order valence-electron chi connectivity index (χ0n) is 17.8. The molecule has 3 aromatic rings. The van der Waals surface area contributed by atoms with Crippen LogP contribution in [-0.4, -0.2) is 16.8 Å². The molecule has 0 radical (unpaired) electrons. The highest BCUT2D eigenvalue weighted by Gasteiger charge is 2.17. The Morgan fingerprint density at radius 3 is 2.16 bits per heavy atom. The maximum absolute atomic E-state index is 12.6. The lowest BCUT2D eigenvalue weighted by Gasteiger charge is -2.19. The predicted octanol–water partition coefficient (Wildman–Crippen LogP) is 4.30. The number of nitrogens with one attached hydrogen (secondary N) is 2. The van der Waals surface area contributed by atoms with Crippen LogP contribution in [0.25, 0.3) is 0 Å². The highest BCUT2D eigenvalue weighted by Crippen LogP contribution is 2.20. The quantitative estimate of drug-likeness (QED) is 0.510. The molecule has 0 fully saturated rings. The number of nitrogens with two attached hydrogens (primary N) is 1. The van der Waals surface area contributed by atoms with Gasteiger partial charge in [0.1, 0.15) is 0 Å². The zero-order chi connectivity index (χ0) is 22.2. The van der Waals surface area contributed by atoms with E-state index in [1.54, 1.807) is 48.8 Å². The number of anilines is 1. The summed E-state index contributed by atoms with van der Waals surface area (Å²) in [5.41, 5.74) is 10.5. The van der Waals surface area contributed by atoms with Crippen molar-refractivity contribution in [2.24, 2.45) is 5.73 Å². The van der Waals surface area contributed by atoms with E-state index >= 15 is 0 Å². The lowest BCUT2D eigenvalue weighted by Crippen LogP contribution is -2.31. The van der Waals surface area contributed by atoms with Crippen molar-refractivity contribution in [1.82, 2.24) is 10.3 Å². The van der Waals surface area contributed by atoms with Gasteiger partial charge < -0.3 is 16.4 Å². The van der Waals surface area contributed by atoms with Crippen LogP contribution in [0, 0.1) is 6.92 Å². The van der Waals surface area contributed by atoms with Crippen LogP contribution in [0.2, 0.25) is 0 Å². The Kier molecular flexibility index (Phi) is 7.51. The molecule has 0 saturated carbocycles. The normalized spacial score (nSPS) is 12.6. The van der Waals surface area contributed by atoms with E-state index in [0.717, 1.165) is 17.5 Å². The molecule has 31 heavy (non-hydrogen) atoms. The Morgan fingerprint density at radius 2 is 1.55 bits per heavy atom. The van der Waals surface area contributed by atoms with Gasteiger partial charge in [-0.25, -0.2) is 0 Å². The molecule has 0 aliphatic carbocycles. The molecule has 6 nitrogen and oxygen atoms in total. The molecule has 2 amide bonds. The fourth-order valence-electron chi connectivity index (χ4n) is 3.31. The number of rotatable bonds is 8. The summed E-state index contributed by atoms with van der Waals surface area (Å²) in [7, 11) is 0. The van der Waals surface area contributed by atoms with Gasteiger partial charge in [-0.3, -0.25) is 14.6 Å². The average Bonchev–Trinajstić information content (AvgIpc) is 2.79. The van der Waals surface area contributed by atoms with Crippen LogP contribution >= 0.6 is 0 Å². The zero-order valence-corrected chi connectivity index (χ0v) is 17.8. The number of aromatic nitrogens is 1. The van der Waals surface area contributed by atoms with Crippen molar-refractivity contribution in [3.63, 3.8) is 0 Å². The van der Waals surface area contributed by atoms with Crippen LogP contribution < -0.4 is 16.4 Å². The number of carbonyl (C=O) groups excluding carboxylic acids is 2. The number of hydrogen-bond donors (Lipinski definition) is 3. The summed E-state index contributed by atoms with van der Waals surface area (Å²) in [6.45, 7) is 4.08. The molecule has 2 aromatic carbocycles. The Bertz CT molecular complexity index is 1000. The molecule has 1 unspecified atom stereocenters. The molecule has 1 heterocycles. The summed E-state index contributed by atoms with van der Waals surface area (Å²) in [4.78, 5) is 28.8. The van der Waals surface area contributed by atoms with Crippen LogP contribution in [0.1, 0.15) is 58.9 Å². The number of benzene rings is 2. The summed E-state index contributed by atoms with van der Waals surface area (Å²) < 4.78 is 0. The Hall–Kier alpha value is -3.51. The molecule has 0 aliphatic rings. The smallest absolute Gasteiger partial charge is 0.255 e. The summed E-state index contributed by atoms with van der Waals surface area (Å²) in [6.07, 6.45) is 4.20. The summed E-state index contributed by atoms with van der Waals surface area (Å²) >= 11 is 0. The van der Waals surface area contributed by atoms with E-state index in [0.29, 0.717) is 11.3 Å². The summed E-state index contributed by atoms with van der Waals surface area (Å²) in [5, 5.41) is 5.88. The van der Waals surface area contributed by atoms with Crippen molar-refractivity contribution in [2.45, 2.75) is 38.8 Å². The number of nitrogens with zero attached hydrogens (tertiary/aromatic N) is 1. The van der Waals surface area contributed by atoms with Crippen LogP contribution in [0.5, 0.6) is 0 Å². The van der Waals surface area contributed by atoms with Gasteiger partial charge in [0, 0.05) is 36.1 Å². The SMILES string of the molecule is CC[C@H](NC(=O)CC(N)c1ccc(C(=O)Nc2ccncc2)cc1)c1ccc(C)cc1. The fraction of sp³-hybridized carbons (Fsp3) is 0.240. The van der Waals surface area contributed by atoms with Crippen molar-refractivity contribution in [2.75, 3.05) is 5.32 Å². The van der Waals surface area contributed by atoms with Gasteiger partial charge in [0.15, 0.2) is 0 Å². The average molecular weight is 417 g/mol. The van der Waals surface area contributed by atoms with Crippen molar-refractivity contribution < 1.29 is 9.59 Å². The third-order valence-corrected chi connectivity index (χ3v) is 5.17. The minimum Gasteiger partial charge on any atom is -0.349 e. The van der Waals surface area contributed by atoms with E-state index in [1.165, 1.54) is 5.56 Å². The number of hydrogen-bond acceptors (Lipinski definition) is 4. The second-order valence-electron chi connectivity index (χ2n) is 7.56. The number of pyridine rings is 1. The van der Waals surface area contributed by atoms with E-state index in [1.807, 2.05) is 38.1 Å². The third kappa shape index (κ3) is 6.23. The van der Waals surface area contributed by atoms with Crippen molar-refractivity contribution in [1.29, 1.82) is 0 Å². The van der Waals surface area contributed by atoms with E-state index < -0.39 is 6.04 Å². The molecule has 0 spiro atoms. The minimum atomic E-state index is -0.451. The predicted molar refractivity (Wildman–Crippen MR) is 123 cm³/mol. The number of aryl methyl sites for hydroxylation is 1. The standard InChI is InChI=1S/C25H28N4O2/c1-3-23(19-6-4-17(2)5-7-19)29-24(30)16-22(26)18-8-10-20(11-9-18)25(31)28-21-12-14-27-15-13-21/h4-15,22-23H,3,16,26H2,1-2H3,(H,29,30)(H,27,28,31)/t22?,23-/m0/s1. The monoisotopic (exact) mass is 416 g/mol. The van der Waals surface area contributed by atoms with E-state index in [-0.39, 0.29) is 24.3 Å². The Morgan fingerprint density at radius 1 is 0.935 bits per heavy atom. The van der Waals surface area contributed by atoms with Gasteiger partial charge in [-0.15, -0.1) is 0 Å². The van der Waals surface area contributed by atoms with Gasteiger partial charge in [-0.2, -0.15) is 0 Å². The molecule has 6 heteroatoms. The molecule has 160 valence electrons. The Balaban J connectivity index is 1.57. The first-order chi connectivity index (χ1) is 15.0. The largest absolute Gasteiger partial charge is 0.349 e. The van der Waals surface area contributed by atoms with Crippen LogP contribution in [-0.2, 0) is 4.79 Å². The van der Waals surface area contributed by atoms with Crippen molar-refractivity contribution in [3.05, 3.63) is 95.3 Å². The maximum Gasteiger partial charge on any atom is 0.255 e. The highest BCUT2D eigenvalue weighted by atomic mass is 16.2. The third-order valence-electron chi connectivity index (χ3n) is 5.17. The minimum absolute atomic E-state index is 0.0421. The molecule has 3 rings (SSSR count). The van der Waals surface area contributed by atoms with Gasteiger partial charge in [0.2, 0.25) is 5.91 Å². The van der Waals surface area contributed by atoms with Gasteiger partial charge >= 0.3 is 0 Å². The van der Waals surface area contributed by atoms with Crippen LogP contribution in [0.3, 0.4) is 0 Å². The summed E-state index contributed by atoms with van der Waals surface area (Å²) in [5.74, 6) is -0.313. The van der Waals surface area contributed by atoms with Gasteiger partial charge in [0.05, 0.1) is 6.04 Å². The molecule has 4 N–H and O–H groups in total. The first-order valence-corrected chi connectivity index (χ1v) is 10.4. The van der Waals surface area contributed by atoms with Gasteiger partial charge in [0.25, 0.3) is 5.91 Å². The first kappa shape index (κ1) is 22.2. The molecular weight excluding hydrogens is 388 g/mol. The molecule has 0 saturated heterocycles. The lowest BCUT2D eigenvalue weighted by molar-refractivity contribution is -0.122.